The Balaban J connectivity index is 1.87. The van der Waals surface area contributed by atoms with Crippen LogP contribution in [0.1, 0.15) is 23.7 Å². The number of aliphatic hydroxyl groups excluding tert-OH is 2. The molecule has 0 bridgehead atoms. The summed E-state index contributed by atoms with van der Waals surface area (Å²) in [5.74, 6) is 1.13. The Hall–Kier alpha value is -2.97. The molecule has 0 aromatic heterocycles. The van der Waals surface area contributed by atoms with E-state index in [0.717, 1.165) is 5.56 Å². The second kappa shape index (κ2) is 11.1. The van der Waals surface area contributed by atoms with Crippen LogP contribution in [0, 0.1) is 0 Å². The summed E-state index contributed by atoms with van der Waals surface area (Å²) >= 11 is 0. The Morgan fingerprint density at radius 2 is 1.62 bits per heavy atom. The average molecular weight is 405 g/mol. The number of carbonyl (C=O) groups is 1. The van der Waals surface area contributed by atoms with E-state index in [9.17, 15) is 15.0 Å². The Bertz CT molecular complexity index is 757. The third kappa shape index (κ3) is 6.27. The fourth-order valence-corrected chi connectivity index (χ4v) is 2.75. The number of hydrogen-bond acceptors (Lipinski definition) is 7. The number of benzene rings is 2. The van der Waals surface area contributed by atoms with Gasteiger partial charge in [0.05, 0.1) is 27.4 Å². The summed E-state index contributed by atoms with van der Waals surface area (Å²) in [7, 11) is 4.41. The van der Waals surface area contributed by atoms with Crippen molar-refractivity contribution in [1.82, 2.24) is 5.32 Å². The lowest BCUT2D eigenvalue weighted by Gasteiger charge is -2.21. The number of hydrogen-bond donors (Lipinski definition) is 3. The molecule has 2 aromatic carbocycles. The molecule has 0 aliphatic heterocycles. The van der Waals surface area contributed by atoms with E-state index < -0.39 is 18.3 Å². The lowest BCUT2D eigenvalue weighted by molar-refractivity contribution is 0.0134. The molecule has 2 unspecified atom stereocenters. The summed E-state index contributed by atoms with van der Waals surface area (Å²) < 4.78 is 20.9. The fourth-order valence-electron chi connectivity index (χ4n) is 2.75. The second-order valence-electron chi connectivity index (χ2n) is 6.25. The molecule has 29 heavy (non-hydrogen) atoms. The molecule has 0 saturated heterocycles. The van der Waals surface area contributed by atoms with Crippen molar-refractivity contribution in [3.05, 3.63) is 53.6 Å². The summed E-state index contributed by atoms with van der Waals surface area (Å²) in [5, 5.41) is 23.3. The van der Waals surface area contributed by atoms with Crippen LogP contribution in [0.25, 0.3) is 0 Å². The van der Waals surface area contributed by atoms with Crippen LogP contribution in [0.5, 0.6) is 17.2 Å². The number of nitrogens with one attached hydrogen (secondary N) is 1. The maximum Gasteiger partial charge on any atom is 0.407 e. The summed E-state index contributed by atoms with van der Waals surface area (Å²) in [6.07, 6.45) is -2.79. The van der Waals surface area contributed by atoms with Gasteiger partial charge < -0.3 is 34.5 Å². The number of aliphatic hydroxyl groups is 2. The monoisotopic (exact) mass is 405 g/mol. The van der Waals surface area contributed by atoms with E-state index in [1.54, 1.807) is 12.1 Å². The van der Waals surface area contributed by atoms with E-state index in [1.165, 1.54) is 21.3 Å². The first kappa shape index (κ1) is 22.3. The smallest absolute Gasteiger partial charge is 0.407 e. The maximum atomic E-state index is 11.8. The van der Waals surface area contributed by atoms with Gasteiger partial charge in [-0.3, -0.25) is 0 Å². The Kier molecular flexibility index (Phi) is 8.57. The van der Waals surface area contributed by atoms with Gasteiger partial charge in [0.25, 0.3) is 0 Å². The molecular formula is C21H27NO7. The molecule has 3 N–H and O–H groups in total. The van der Waals surface area contributed by atoms with E-state index in [-0.39, 0.29) is 19.6 Å². The molecule has 8 heteroatoms. The topological polar surface area (TPSA) is 106 Å². The Morgan fingerprint density at radius 3 is 2.17 bits per heavy atom. The molecule has 158 valence electrons. The van der Waals surface area contributed by atoms with Crippen molar-refractivity contribution in [2.45, 2.75) is 25.2 Å². The first-order chi connectivity index (χ1) is 14.0. The third-order valence-electron chi connectivity index (χ3n) is 4.32. The number of carbonyl (C=O) groups excluding carboxylic acids is 1. The van der Waals surface area contributed by atoms with Crippen LogP contribution in [0.4, 0.5) is 4.79 Å². The van der Waals surface area contributed by atoms with Crippen LogP contribution in [-0.2, 0) is 11.3 Å². The first-order valence-corrected chi connectivity index (χ1v) is 9.10. The van der Waals surface area contributed by atoms with Gasteiger partial charge in [0.15, 0.2) is 11.5 Å². The van der Waals surface area contributed by atoms with Gasteiger partial charge in [-0.25, -0.2) is 4.79 Å². The van der Waals surface area contributed by atoms with Crippen LogP contribution in [0.3, 0.4) is 0 Å². The van der Waals surface area contributed by atoms with Crippen LogP contribution < -0.4 is 19.5 Å². The number of amides is 1. The normalized spacial score (nSPS) is 12.6. The van der Waals surface area contributed by atoms with Crippen molar-refractivity contribution < 1.29 is 34.0 Å². The minimum atomic E-state index is -1.20. The summed E-state index contributed by atoms with van der Waals surface area (Å²) in [4.78, 5) is 11.8. The number of rotatable bonds is 10. The highest BCUT2D eigenvalue weighted by molar-refractivity contribution is 5.67. The van der Waals surface area contributed by atoms with Crippen LogP contribution >= 0.6 is 0 Å². The standard InChI is InChI=1S/C21H27NO7/c1-26-17-11-15(12-18(27-2)20(17)28-3)19(24)16(23)9-10-22-21(25)29-13-14-7-5-4-6-8-14/h4-8,11-12,16,19,23-24H,9-10,13H2,1-3H3,(H,22,25). The lowest BCUT2D eigenvalue weighted by atomic mass is 10.0. The largest absolute Gasteiger partial charge is 0.493 e. The molecule has 1 amide bonds. The minimum Gasteiger partial charge on any atom is -0.493 e. The zero-order chi connectivity index (χ0) is 21.2. The predicted molar refractivity (Wildman–Crippen MR) is 106 cm³/mol. The molecule has 2 atom stereocenters. The summed E-state index contributed by atoms with van der Waals surface area (Å²) in [6, 6.07) is 12.4. The average Bonchev–Trinajstić information content (AvgIpc) is 2.76. The SMILES string of the molecule is COc1cc(C(O)C(O)CCNC(=O)OCc2ccccc2)cc(OC)c1OC. The van der Waals surface area contributed by atoms with Gasteiger partial charge in [-0.15, -0.1) is 0 Å². The van der Waals surface area contributed by atoms with Crippen molar-refractivity contribution >= 4 is 6.09 Å². The summed E-state index contributed by atoms with van der Waals surface area (Å²) in [5.41, 5.74) is 1.28. The molecule has 0 aliphatic rings. The lowest BCUT2D eigenvalue weighted by Crippen LogP contribution is -2.29. The van der Waals surface area contributed by atoms with Crippen molar-refractivity contribution in [2.24, 2.45) is 0 Å². The number of alkyl carbamates (subject to hydrolysis) is 1. The van der Waals surface area contributed by atoms with Crippen LogP contribution in [0.15, 0.2) is 42.5 Å². The van der Waals surface area contributed by atoms with E-state index in [1.807, 2.05) is 30.3 Å². The molecular weight excluding hydrogens is 378 g/mol. The highest BCUT2D eigenvalue weighted by atomic mass is 16.5. The molecule has 0 spiro atoms. The molecule has 8 nitrogen and oxygen atoms in total. The van der Waals surface area contributed by atoms with E-state index >= 15 is 0 Å². The number of methoxy groups -OCH3 is 3. The Labute approximate surface area is 170 Å². The second-order valence-corrected chi connectivity index (χ2v) is 6.25. The maximum absolute atomic E-state index is 11.8. The molecule has 2 aromatic rings. The molecule has 2 rings (SSSR count). The molecule has 0 saturated carbocycles. The Morgan fingerprint density at radius 1 is 1.00 bits per heavy atom. The van der Waals surface area contributed by atoms with Crippen LogP contribution in [-0.4, -0.2) is 50.3 Å². The number of ether oxygens (including phenoxy) is 4. The van der Waals surface area contributed by atoms with Crippen molar-refractivity contribution in [3.63, 3.8) is 0 Å². The zero-order valence-electron chi connectivity index (χ0n) is 16.8. The highest BCUT2D eigenvalue weighted by Gasteiger charge is 2.23. The minimum absolute atomic E-state index is 0.123. The highest BCUT2D eigenvalue weighted by Crippen LogP contribution is 2.40. The van der Waals surface area contributed by atoms with Gasteiger partial charge in [-0.1, -0.05) is 30.3 Å². The van der Waals surface area contributed by atoms with Gasteiger partial charge in [0.1, 0.15) is 12.7 Å². The van der Waals surface area contributed by atoms with Crippen molar-refractivity contribution in [1.29, 1.82) is 0 Å². The van der Waals surface area contributed by atoms with E-state index in [0.29, 0.717) is 22.8 Å². The van der Waals surface area contributed by atoms with Gasteiger partial charge in [0, 0.05) is 6.54 Å². The van der Waals surface area contributed by atoms with Crippen LogP contribution in [0.2, 0.25) is 0 Å². The van der Waals surface area contributed by atoms with Crippen molar-refractivity contribution in [2.75, 3.05) is 27.9 Å². The molecule has 0 heterocycles. The zero-order valence-corrected chi connectivity index (χ0v) is 16.8. The molecule has 0 fully saturated rings. The fraction of sp³-hybridized carbons (Fsp3) is 0.381. The first-order valence-electron chi connectivity index (χ1n) is 9.10. The summed E-state index contributed by atoms with van der Waals surface area (Å²) in [6.45, 7) is 0.291. The van der Waals surface area contributed by atoms with Crippen molar-refractivity contribution in [3.8, 4) is 17.2 Å². The van der Waals surface area contributed by atoms with E-state index in [2.05, 4.69) is 5.32 Å². The molecule has 0 radical (unpaired) electrons. The quantitative estimate of drug-likeness (QED) is 0.557. The van der Waals surface area contributed by atoms with Gasteiger partial charge in [0.2, 0.25) is 5.75 Å². The predicted octanol–water partition coefficient (Wildman–Crippen LogP) is 2.42. The molecule has 0 aliphatic carbocycles. The van der Waals surface area contributed by atoms with E-state index in [4.69, 9.17) is 18.9 Å². The van der Waals surface area contributed by atoms with Gasteiger partial charge >= 0.3 is 6.09 Å². The van der Waals surface area contributed by atoms with Gasteiger partial charge in [-0.2, -0.15) is 0 Å². The third-order valence-corrected chi connectivity index (χ3v) is 4.32. The van der Waals surface area contributed by atoms with Gasteiger partial charge in [-0.05, 0) is 29.7 Å².